The number of hydrogen-bond acceptors (Lipinski definition) is 1. The Morgan fingerprint density at radius 1 is 0.418 bits per heavy atom. The SMILES string of the molecule is c1ccc(-c2ccc(C3c4ccccc4-c4cc(-c5ccc6c(c5)c5ccccc5n6-c5cccc6ccccc56)c5c(sc6ccccc65)c43)cc2)cc1. The van der Waals surface area contributed by atoms with Crippen LogP contribution in [0.4, 0.5) is 0 Å². The highest BCUT2D eigenvalue weighted by atomic mass is 32.1. The zero-order valence-corrected chi connectivity index (χ0v) is 30.7. The monoisotopic (exact) mass is 715 g/mol. The molecule has 2 heterocycles. The van der Waals surface area contributed by atoms with Gasteiger partial charge in [0.2, 0.25) is 0 Å². The maximum absolute atomic E-state index is 2.51. The molecular weight excluding hydrogens is 683 g/mol. The molecule has 0 aliphatic heterocycles. The van der Waals surface area contributed by atoms with Gasteiger partial charge in [0.1, 0.15) is 0 Å². The topological polar surface area (TPSA) is 4.93 Å². The molecule has 1 aliphatic carbocycles. The van der Waals surface area contributed by atoms with E-state index in [0.29, 0.717) is 0 Å². The number of aromatic nitrogens is 1. The maximum atomic E-state index is 2.51. The quantitative estimate of drug-likeness (QED) is 0.171. The second-order valence-corrected chi connectivity index (χ2v) is 15.8. The Kier molecular flexibility index (Phi) is 6.63. The van der Waals surface area contributed by atoms with Crippen molar-refractivity contribution in [3.05, 3.63) is 211 Å². The van der Waals surface area contributed by atoms with E-state index in [4.69, 9.17) is 0 Å². The molecule has 55 heavy (non-hydrogen) atoms. The minimum absolute atomic E-state index is 0.154. The third kappa shape index (κ3) is 4.53. The number of para-hydroxylation sites is 1. The summed E-state index contributed by atoms with van der Waals surface area (Å²) in [5, 5.41) is 7.72. The summed E-state index contributed by atoms with van der Waals surface area (Å²) in [5.74, 6) is 0.154. The van der Waals surface area contributed by atoms with Gasteiger partial charge >= 0.3 is 0 Å². The summed E-state index contributed by atoms with van der Waals surface area (Å²) < 4.78 is 5.18. The zero-order valence-electron chi connectivity index (χ0n) is 29.9. The van der Waals surface area contributed by atoms with Crippen molar-refractivity contribution >= 4 is 64.1 Å². The molecule has 0 N–H and O–H groups in total. The fourth-order valence-corrected chi connectivity index (χ4v) is 10.8. The van der Waals surface area contributed by atoms with E-state index in [9.17, 15) is 0 Å². The first kappa shape index (κ1) is 30.7. The van der Waals surface area contributed by atoms with Crippen LogP contribution in [0.15, 0.2) is 194 Å². The molecule has 0 saturated carbocycles. The molecule has 0 amide bonds. The highest BCUT2D eigenvalue weighted by Crippen LogP contribution is 2.56. The summed E-state index contributed by atoms with van der Waals surface area (Å²) in [4.78, 5) is 0. The molecule has 0 saturated heterocycles. The average Bonchev–Trinajstić information content (AvgIpc) is 3.91. The van der Waals surface area contributed by atoms with E-state index < -0.39 is 0 Å². The molecule has 12 rings (SSSR count). The van der Waals surface area contributed by atoms with Crippen LogP contribution >= 0.6 is 11.3 Å². The number of hydrogen-bond donors (Lipinski definition) is 0. The van der Waals surface area contributed by atoms with Gasteiger partial charge in [0, 0.05) is 42.2 Å². The van der Waals surface area contributed by atoms with Gasteiger partial charge in [-0.05, 0) is 91.9 Å². The summed E-state index contributed by atoms with van der Waals surface area (Å²) >= 11 is 1.95. The van der Waals surface area contributed by atoms with E-state index >= 15 is 0 Å². The molecule has 1 atom stereocenters. The van der Waals surface area contributed by atoms with Gasteiger partial charge in [-0.2, -0.15) is 0 Å². The van der Waals surface area contributed by atoms with Crippen molar-refractivity contribution in [3.8, 4) is 39.1 Å². The fourth-order valence-electron chi connectivity index (χ4n) is 9.45. The number of thiophene rings is 1. The maximum Gasteiger partial charge on any atom is 0.0541 e. The summed E-state index contributed by atoms with van der Waals surface area (Å²) in [7, 11) is 0. The van der Waals surface area contributed by atoms with E-state index in [1.165, 1.54) is 109 Å². The van der Waals surface area contributed by atoms with Crippen molar-refractivity contribution in [1.82, 2.24) is 4.57 Å². The smallest absolute Gasteiger partial charge is 0.0541 e. The van der Waals surface area contributed by atoms with Crippen molar-refractivity contribution in [1.29, 1.82) is 0 Å². The second-order valence-electron chi connectivity index (χ2n) is 14.8. The molecular formula is C53H33NS. The van der Waals surface area contributed by atoms with Crippen molar-refractivity contribution in [2.45, 2.75) is 5.92 Å². The van der Waals surface area contributed by atoms with Crippen LogP contribution in [-0.4, -0.2) is 4.57 Å². The standard InChI is InChI=1S/C53H33NS/c1-2-13-33(14-3-1)34-25-27-36(28-26-34)50-41-20-7-6-18-39(41)45-32-43(51-42-21-9-11-24-49(42)55-53(51)52(45)50)37-29-30-48-44(31-37)40-19-8-10-22-47(40)54(48)46-23-12-16-35-15-4-5-17-38(35)46/h1-32,50H. The van der Waals surface area contributed by atoms with Crippen LogP contribution in [0.1, 0.15) is 22.6 Å². The van der Waals surface area contributed by atoms with E-state index in [2.05, 4.69) is 199 Å². The van der Waals surface area contributed by atoms with Crippen LogP contribution in [0.2, 0.25) is 0 Å². The molecule has 2 aromatic heterocycles. The lowest BCUT2D eigenvalue weighted by Crippen LogP contribution is -2.00. The molecule has 1 nitrogen and oxygen atoms in total. The Balaban J connectivity index is 1.11. The van der Waals surface area contributed by atoms with Gasteiger partial charge in [-0.15, -0.1) is 11.3 Å². The molecule has 0 fully saturated rings. The van der Waals surface area contributed by atoms with Crippen molar-refractivity contribution in [2.24, 2.45) is 0 Å². The lowest BCUT2D eigenvalue weighted by molar-refractivity contribution is 1.03. The molecule has 1 aliphatic rings. The minimum Gasteiger partial charge on any atom is -0.309 e. The molecule has 2 heteroatoms. The van der Waals surface area contributed by atoms with Crippen LogP contribution in [-0.2, 0) is 0 Å². The predicted molar refractivity (Wildman–Crippen MR) is 235 cm³/mol. The first-order valence-electron chi connectivity index (χ1n) is 19.0. The molecule has 0 radical (unpaired) electrons. The van der Waals surface area contributed by atoms with E-state index in [0.717, 1.165) is 0 Å². The second kappa shape index (κ2) is 11.9. The summed E-state index contributed by atoms with van der Waals surface area (Å²) in [6.07, 6.45) is 0. The van der Waals surface area contributed by atoms with Gasteiger partial charge in [-0.1, -0.05) is 158 Å². The van der Waals surface area contributed by atoms with Gasteiger partial charge in [0.05, 0.1) is 16.7 Å². The zero-order chi connectivity index (χ0) is 36.0. The molecule has 1 unspecified atom stereocenters. The molecule has 11 aromatic rings. The minimum atomic E-state index is 0.154. The van der Waals surface area contributed by atoms with Crippen molar-refractivity contribution < 1.29 is 0 Å². The Morgan fingerprint density at radius 2 is 1.09 bits per heavy atom. The van der Waals surface area contributed by atoms with Crippen molar-refractivity contribution in [2.75, 3.05) is 0 Å². The Labute approximate surface area is 323 Å². The largest absolute Gasteiger partial charge is 0.309 e. The first-order valence-corrected chi connectivity index (χ1v) is 19.9. The van der Waals surface area contributed by atoms with Crippen LogP contribution in [0, 0.1) is 0 Å². The lowest BCUT2D eigenvalue weighted by atomic mass is 9.86. The number of rotatable bonds is 4. The van der Waals surface area contributed by atoms with E-state index in [1.807, 2.05) is 11.3 Å². The first-order chi connectivity index (χ1) is 27.3. The predicted octanol–water partition coefficient (Wildman–Crippen LogP) is 14.8. The summed E-state index contributed by atoms with van der Waals surface area (Å²) in [5.41, 5.74) is 15.5. The lowest BCUT2D eigenvalue weighted by Gasteiger charge is -2.17. The highest BCUT2D eigenvalue weighted by Gasteiger charge is 2.34. The van der Waals surface area contributed by atoms with Gasteiger partial charge < -0.3 is 4.57 Å². The highest BCUT2D eigenvalue weighted by molar-refractivity contribution is 7.26. The van der Waals surface area contributed by atoms with E-state index in [-0.39, 0.29) is 5.92 Å². The van der Waals surface area contributed by atoms with Crippen LogP contribution in [0.5, 0.6) is 0 Å². The molecule has 9 aromatic carbocycles. The van der Waals surface area contributed by atoms with Gasteiger partial charge in [0.15, 0.2) is 0 Å². The summed E-state index contributed by atoms with van der Waals surface area (Å²) in [6.45, 7) is 0. The summed E-state index contributed by atoms with van der Waals surface area (Å²) in [6, 6.07) is 72.0. The van der Waals surface area contributed by atoms with Gasteiger partial charge in [-0.25, -0.2) is 0 Å². The number of fused-ring (bicyclic) bond motifs is 11. The normalized spacial score (nSPS) is 13.6. The Hall–Kier alpha value is -6.74. The van der Waals surface area contributed by atoms with E-state index in [1.54, 1.807) is 0 Å². The van der Waals surface area contributed by atoms with Crippen LogP contribution in [0.25, 0.3) is 91.8 Å². The molecule has 0 bridgehead atoms. The third-order valence-corrected chi connectivity index (χ3v) is 13.1. The molecule has 256 valence electrons. The Morgan fingerprint density at radius 3 is 1.98 bits per heavy atom. The van der Waals surface area contributed by atoms with Gasteiger partial charge in [0.25, 0.3) is 0 Å². The molecule has 0 spiro atoms. The fraction of sp³-hybridized carbons (Fsp3) is 0.0189. The van der Waals surface area contributed by atoms with Gasteiger partial charge in [-0.3, -0.25) is 0 Å². The number of benzene rings is 9. The third-order valence-electron chi connectivity index (χ3n) is 11.9. The number of nitrogens with zero attached hydrogens (tertiary/aromatic N) is 1. The Bertz CT molecular complexity index is 3300. The van der Waals surface area contributed by atoms with Crippen LogP contribution < -0.4 is 0 Å². The van der Waals surface area contributed by atoms with Crippen LogP contribution in [0.3, 0.4) is 0 Å². The van der Waals surface area contributed by atoms with Crippen molar-refractivity contribution in [3.63, 3.8) is 0 Å². The average molecular weight is 716 g/mol.